The van der Waals surface area contributed by atoms with Crippen LogP contribution in [0, 0.1) is 5.92 Å². The van der Waals surface area contributed by atoms with E-state index in [-0.39, 0.29) is 6.42 Å². The maximum Gasteiger partial charge on any atom is 0.411 e. The summed E-state index contributed by atoms with van der Waals surface area (Å²) >= 11 is 0. The molecule has 1 amide bonds. The molecule has 2 bridgehead atoms. The maximum atomic E-state index is 13.7. The van der Waals surface area contributed by atoms with Gasteiger partial charge in [-0.2, -0.15) is 0 Å². The summed E-state index contributed by atoms with van der Waals surface area (Å²) in [6.07, 6.45) is -1.44. The zero-order chi connectivity index (χ0) is 14.6. The Kier molecular flexibility index (Phi) is 2.98. The first-order chi connectivity index (χ1) is 8.53. The number of carbonyl (C=O) groups is 2. The molecule has 5 nitrogen and oxygen atoms in total. The van der Waals surface area contributed by atoms with E-state index in [1.54, 1.807) is 20.8 Å². The highest BCUT2D eigenvalue weighted by Gasteiger charge is 2.65. The van der Waals surface area contributed by atoms with Gasteiger partial charge in [-0.1, -0.05) is 0 Å². The summed E-state index contributed by atoms with van der Waals surface area (Å²) in [5.74, 6) is -4.99. The normalized spacial score (nSPS) is 32.5. The SMILES string of the molecule is CC(C)(C)OC(=O)N1C(C(=O)O)C2CC1C(F)(F)C2. The van der Waals surface area contributed by atoms with E-state index >= 15 is 0 Å². The monoisotopic (exact) mass is 277 g/mol. The van der Waals surface area contributed by atoms with E-state index in [2.05, 4.69) is 0 Å². The van der Waals surface area contributed by atoms with Crippen molar-refractivity contribution in [2.24, 2.45) is 5.92 Å². The fraction of sp³-hybridized carbons (Fsp3) is 0.833. The van der Waals surface area contributed by atoms with Crippen molar-refractivity contribution in [1.82, 2.24) is 4.90 Å². The number of halogens is 2. The Morgan fingerprint density at radius 3 is 2.42 bits per heavy atom. The lowest BCUT2D eigenvalue weighted by Crippen LogP contribution is -2.56. The minimum Gasteiger partial charge on any atom is -0.480 e. The van der Waals surface area contributed by atoms with Crippen LogP contribution >= 0.6 is 0 Å². The van der Waals surface area contributed by atoms with Gasteiger partial charge in [-0.25, -0.2) is 18.4 Å². The van der Waals surface area contributed by atoms with Crippen LogP contribution < -0.4 is 0 Å². The number of aliphatic carboxylic acids is 1. The van der Waals surface area contributed by atoms with Crippen molar-refractivity contribution >= 4 is 12.1 Å². The lowest BCUT2D eigenvalue weighted by molar-refractivity contribution is -0.152. The lowest BCUT2D eigenvalue weighted by Gasteiger charge is -2.37. The zero-order valence-electron chi connectivity index (χ0n) is 11.0. The van der Waals surface area contributed by atoms with Crippen molar-refractivity contribution in [1.29, 1.82) is 0 Å². The number of carbonyl (C=O) groups excluding carboxylic acids is 1. The number of alkyl halides is 2. The number of likely N-dealkylation sites (tertiary alicyclic amines) is 1. The van der Waals surface area contributed by atoms with Gasteiger partial charge in [0.15, 0.2) is 0 Å². The molecule has 0 aromatic carbocycles. The molecule has 2 aliphatic rings. The first-order valence-corrected chi connectivity index (χ1v) is 6.15. The van der Waals surface area contributed by atoms with Crippen molar-refractivity contribution in [2.75, 3.05) is 0 Å². The molecule has 19 heavy (non-hydrogen) atoms. The summed E-state index contributed by atoms with van der Waals surface area (Å²) in [6, 6.07) is -2.58. The number of hydrogen-bond donors (Lipinski definition) is 1. The number of amides is 1. The molecule has 0 aromatic heterocycles. The van der Waals surface area contributed by atoms with Gasteiger partial charge >= 0.3 is 12.1 Å². The Labute approximate surface area is 109 Å². The van der Waals surface area contributed by atoms with Gasteiger partial charge in [0.1, 0.15) is 11.6 Å². The van der Waals surface area contributed by atoms with Gasteiger partial charge in [0.05, 0.1) is 6.04 Å². The summed E-state index contributed by atoms with van der Waals surface area (Å²) in [6.45, 7) is 4.81. The Bertz CT molecular complexity index is 418. The zero-order valence-corrected chi connectivity index (χ0v) is 11.0. The number of nitrogens with zero attached hydrogens (tertiary/aromatic N) is 1. The van der Waals surface area contributed by atoms with Crippen molar-refractivity contribution in [3.8, 4) is 0 Å². The molecule has 2 fully saturated rings. The Hall–Kier alpha value is -1.40. The molecule has 1 saturated carbocycles. The highest BCUT2D eigenvalue weighted by Crippen LogP contribution is 2.51. The van der Waals surface area contributed by atoms with E-state index in [0.29, 0.717) is 4.90 Å². The minimum absolute atomic E-state index is 0.0171. The van der Waals surface area contributed by atoms with Crippen molar-refractivity contribution < 1.29 is 28.2 Å². The highest BCUT2D eigenvalue weighted by atomic mass is 19.3. The number of rotatable bonds is 1. The van der Waals surface area contributed by atoms with Gasteiger partial charge in [0.25, 0.3) is 5.92 Å². The number of ether oxygens (including phenoxy) is 1. The molecular weight excluding hydrogens is 260 g/mol. The van der Waals surface area contributed by atoms with Crippen LogP contribution in [0.5, 0.6) is 0 Å². The molecule has 1 N–H and O–H groups in total. The summed E-state index contributed by atoms with van der Waals surface area (Å²) in [4.78, 5) is 23.9. The summed E-state index contributed by atoms with van der Waals surface area (Å²) < 4.78 is 32.4. The third-order valence-corrected chi connectivity index (χ3v) is 3.49. The Morgan fingerprint density at radius 1 is 1.37 bits per heavy atom. The second-order valence-corrected chi connectivity index (χ2v) is 6.15. The highest BCUT2D eigenvalue weighted by molar-refractivity contribution is 5.82. The number of carboxylic acid groups (broad SMARTS) is 1. The quantitative estimate of drug-likeness (QED) is 0.797. The van der Waals surface area contributed by atoms with E-state index in [1.165, 1.54) is 0 Å². The molecule has 3 unspecified atom stereocenters. The Morgan fingerprint density at radius 2 is 1.95 bits per heavy atom. The summed E-state index contributed by atoms with van der Waals surface area (Å²) in [7, 11) is 0. The largest absolute Gasteiger partial charge is 0.480 e. The number of hydrogen-bond acceptors (Lipinski definition) is 3. The fourth-order valence-corrected chi connectivity index (χ4v) is 2.88. The van der Waals surface area contributed by atoms with E-state index in [0.717, 1.165) is 0 Å². The second-order valence-electron chi connectivity index (χ2n) is 6.15. The standard InChI is InChI=1S/C12H17F2NO4/c1-11(2,3)19-10(18)15-7-4-6(5-12(7,13)14)8(15)9(16)17/h6-8H,4-5H2,1-3H3,(H,16,17). The molecule has 108 valence electrons. The molecule has 1 heterocycles. The second kappa shape index (κ2) is 4.05. The molecule has 0 spiro atoms. The van der Waals surface area contributed by atoms with Crippen LogP contribution in [0.3, 0.4) is 0 Å². The van der Waals surface area contributed by atoms with Gasteiger partial charge in [-0.05, 0) is 33.1 Å². The van der Waals surface area contributed by atoms with Crippen molar-refractivity contribution in [2.45, 2.75) is 57.2 Å². The molecule has 3 atom stereocenters. The van der Waals surface area contributed by atoms with Crippen molar-refractivity contribution in [3.63, 3.8) is 0 Å². The average Bonchev–Trinajstić information content (AvgIpc) is 2.66. The van der Waals surface area contributed by atoms with Gasteiger partial charge in [-0.15, -0.1) is 0 Å². The number of carboxylic acids is 1. The van der Waals surface area contributed by atoms with Gasteiger partial charge in [-0.3, -0.25) is 4.90 Å². The average molecular weight is 277 g/mol. The number of piperidine rings is 1. The van der Waals surface area contributed by atoms with E-state index in [4.69, 9.17) is 9.84 Å². The predicted octanol–water partition coefficient (Wildman–Crippen LogP) is 2.10. The van der Waals surface area contributed by atoms with Crippen LogP contribution in [0.15, 0.2) is 0 Å². The van der Waals surface area contributed by atoms with E-state index in [9.17, 15) is 18.4 Å². The van der Waals surface area contributed by atoms with Crippen LogP contribution in [0.25, 0.3) is 0 Å². The van der Waals surface area contributed by atoms with E-state index < -0.39 is 48.0 Å². The third-order valence-electron chi connectivity index (χ3n) is 3.49. The topological polar surface area (TPSA) is 66.8 Å². The number of fused-ring (bicyclic) bond motifs is 2. The van der Waals surface area contributed by atoms with Crippen LogP contribution in [-0.4, -0.2) is 45.7 Å². The molecule has 1 aliphatic carbocycles. The summed E-state index contributed by atoms with van der Waals surface area (Å²) in [5.41, 5.74) is -0.850. The maximum absolute atomic E-state index is 13.7. The molecule has 0 aromatic rings. The molecule has 2 rings (SSSR count). The fourth-order valence-electron chi connectivity index (χ4n) is 2.88. The van der Waals surface area contributed by atoms with Crippen LogP contribution in [0.4, 0.5) is 13.6 Å². The first-order valence-electron chi connectivity index (χ1n) is 6.15. The van der Waals surface area contributed by atoms with Crippen molar-refractivity contribution in [3.05, 3.63) is 0 Å². The third kappa shape index (κ3) is 2.37. The minimum atomic E-state index is -3.03. The van der Waals surface area contributed by atoms with Crippen LogP contribution in [0.2, 0.25) is 0 Å². The predicted molar refractivity (Wildman–Crippen MR) is 61.0 cm³/mol. The van der Waals surface area contributed by atoms with Gasteiger partial charge < -0.3 is 9.84 Å². The molecular formula is C12H17F2NO4. The first kappa shape index (κ1) is 14.0. The lowest BCUT2D eigenvalue weighted by atomic mass is 9.97. The smallest absolute Gasteiger partial charge is 0.411 e. The van der Waals surface area contributed by atoms with Crippen LogP contribution in [0.1, 0.15) is 33.6 Å². The van der Waals surface area contributed by atoms with Crippen LogP contribution in [-0.2, 0) is 9.53 Å². The molecule has 0 radical (unpaired) electrons. The van der Waals surface area contributed by atoms with Gasteiger partial charge in [0.2, 0.25) is 0 Å². The van der Waals surface area contributed by atoms with Gasteiger partial charge in [0, 0.05) is 6.42 Å². The molecule has 1 saturated heterocycles. The molecule has 1 aliphatic heterocycles. The van der Waals surface area contributed by atoms with E-state index in [1.807, 2.05) is 0 Å². The summed E-state index contributed by atoms with van der Waals surface area (Å²) in [5, 5.41) is 9.13. The Balaban J connectivity index is 2.25. The molecule has 7 heteroatoms.